The second-order valence-electron chi connectivity index (χ2n) is 6.74. The lowest BCUT2D eigenvalue weighted by Gasteiger charge is -2.34. The molecule has 0 radical (unpaired) electrons. The monoisotopic (exact) mass is 412 g/mol. The van der Waals surface area contributed by atoms with Crippen molar-refractivity contribution in [3.8, 4) is 0 Å². The first-order valence-electron chi connectivity index (χ1n) is 9.16. The number of nitrogens with zero attached hydrogens (tertiary/aromatic N) is 4. The Balaban J connectivity index is 1.40. The highest BCUT2D eigenvalue weighted by Crippen LogP contribution is 2.24. The van der Waals surface area contributed by atoms with Crippen molar-refractivity contribution in [3.63, 3.8) is 0 Å². The Labute approximate surface area is 171 Å². The number of hydrogen-bond donors (Lipinski definition) is 2. The summed E-state index contributed by atoms with van der Waals surface area (Å²) < 4.78 is 5.70. The molecular weight excluding hydrogens is 392 g/mol. The topological polar surface area (TPSA) is 117 Å². The molecule has 1 saturated heterocycles. The van der Waals surface area contributed by atoms with Crippen LogP contribution in [-0.2, 0) is 17.0 Å². The number of benzene rings is 1. The molecule has 1 aliphatic heterocycles. The molecule has 0 aliphatic carbocycles. The summed E-state index contributed by atoms with van der Waals surface area (Å²) in [7, 11) is 0. The van der Waals surface area contributed by atoms with E-state index in [-0.39, 0.29) is 24.9 Å². The van der Waals surface area contributed by atoms with Gasteiger partial charge < -0.3 is 14.7 Å². The molecule has 3 aromatic rings. The van der Waals surface area contributed by atoms with Gasteiger partial charge >= 0.3 is 6.03 Å². The molecule has 10 heteroatoms. The molecule has 9 nitrogen and oxygen atoms in total. The van der Waals surface area contributed by atoms with Crippen molar-refractivity contribution in [2.45, 2.75) is 30.4 Å². The summed E-state index contributed by atoms with van der Waals surface area (Å²) in [6, 6.07) is 7.07. The molecule has 29 heavy (non-hydrogen) atoms. The van der Waals surface area contributed by atoms with E-state index in [0.29, 0.717) is 16.9 Å². The molecule has 2 atom stereocenters. The number of thioether (sulfide) groups is 1. The maximum absolute atomic E-state index is 12.7. The van der Waals surface area contributed by atoms with E-state index in [9.17, 15) is 9.59 Å². The van der Waals surface area contributed by atoms with Crippen molar-refractivity contribution in [2.75, 3.05) is 6.54 Å². The number of carbonyl (C=O) groups is 2. The van der Waals surface area contributed by atoms with Gasteiger partial charge in [-0.05, 0) is 19.1 Å². The number of imidazole rings is 1. The summed E-state index contributed by atoms with van der Waals surface area (Å²) in [5, 5.41) is 11.3. The minimum Gasteiger partial charge on any atom is -0.416 e. The molecule has 3 heterocycles. The molecule has 2 aromatic heterocycles. The number of carbonyl (C=O) groups excluding carboxylic acids is 2. The van der Waals surface area contributed by atoms with Crippen molar-refractivity contribution in [1.29, 1.82) is 0 Å². The molecule has 0 spiro atoms. The van der Waals surface area contributed by atoms with E-state index in [2.05, 4.69) is 32.1 Å². The Bertz CT molecular complexity index is 1030. The fourth-order valence-electron chi connectivity index (χ4n) is 3.22. The van der Waals surface area contributed by atoms with Gasteiger partial charge in [0.25, 0.3) is 5.22 Å². The summed E-state index contributed by atoms with van der Waals surface area (Å²) in [6.07, 6.45) is 1.77. The number of hydrogen-bond acceptors (Lipinski definition) is 7. The van der Waals surface area contributed by atoms with E-state index in [0.717, 1.165) is 21.8 Å². The van der Waals surface area contributed by atoms with E-state index in [1.165, 1.54) is 17.8 Å². The maximum Gasteiger partial charge on any atom is 0.324 e. The maximum atomic E-state index is 12.7. The first kappa shape index (κ1) is 19.2. The van der Waals surface area contributed by atoms with Gasteiger partial charge in [0.15, 0.2) is 0 Å². The number of nitrogens with one attached hydrogen (secondary N) is 2. The molecule has 2 unspecified atom stereocenters. The van der Waals surface area contributed by atoms with Crippen LogP contribution in [0, 0.1) is 5.92 Å². The number of para-hydroxylation sites is 2. The van der Waals surface area contributed by atoms with Crippen molar-refractivity contribution >= 4 is 34.7 Å². The fourth-order valence-corrected chi connectivity index (χ4v) is 3.88. The zero-order chi connectivity index (χ0) is 20.4. The average molecular weight is 412 g/mol. The van der Waals surface area contributed by atoms with Crippen molar-refractivity contribution in [2.24, 2.45) is 5.92 Å². The van der Waals surface area contributed by atoms with Crippen LogP contribution in [0.5, 0.6) is 0 Å². The number of H-pyrrole nitrogens is 1. The summed E-state index contributed by atoms with van der Waals surface area (Å²) in [5.41, 5.74) is 1.88. The molecule has 4 rings (SSSR count). The quantitative estimate of drug-likeness (QED) is 0.452. The van der Waals surface area contributed by atoms with E-state index >= 15 is 0 Å². The first-order chi connectivity index (χ1) is 14.0. The van der Waals surface area contributed by atoms with Gasteiger partial charge in [0.1, 0.15) is 5.82 Å². The van der Waals surface area contributed by atoms with Crippen LogP contribution in [0.25, 0.3) is 11.0 Å². The summed E-state index contributed by atoms with van der Waals surface area (Å²) in [6.45, 7) is 5.54. The number of imide groups is 1. The van der Waals surface area contributed by atoms with E-state index in [1.807, 2.05) is 24.3 Å². The third-order valence-electron chi connectivity index (χ3n) is 4.71. The minimum atomic E-state index is -0.471. The lowest BCUT2D eigenvalue weighted by molar-refractivity contribution is -0.134. The van der Waals surface area contributed by atoms with Gasteiger partial charge in [-0.3, -0.25) is 9.69 Å². The van der Waals surface area contributed by atoms with Crippen LogP contribution in [0.1, 0.15) is 18.6 Å². The molecule has 0 saturated carbocycles. The normalized spacial score (nSPS) is 19.6. The predicted molar refractivity (Wildman–Crippen MR) is 107 cm³/mol. The lowest BCUT2D eigenvalue weighted by Crippen LogP contribution is -2.59. The molecule has 150 valence electrons. The van der Waals surface area contributed by atoms with Crippen molar-refractivity contribution in [1.82, 2.24) is 30.4 Å². The van der Waals surface area contributed by atoms with E-state index in [1.54, 1.807) is 6.92 Å². The molecule has 1 aliphatic rings. The Kier molecular flexibility index (Phi) is 5.34. The smallest absolute Gasteiger partial charge is 0.324 e. The molecule has 0 bridgehead atoms. The number of aromatic amines is 1. The summed E-state index contributed by atoms with van der Waals surface area (Å²) in [5.74, 6) is 0.988. The van der Waals surface area contributed by atoms with Gasteiger partial charge in [0, 0.05) is 19.0 Å². The van der Waals surface area contributed by atoms with Crippen molar-refractivity contribution < 1.29 is 14.0 Å². The summed E-state index contributed by atoms with van der Waals surface area (Å²) in [4.78, 5) is 33.5. The van der Waals surface area contributed by atoms with Crippen LogP contribution in [-0.4, -0.2) is 49.6 Å². The largest absolute Gasteiger partial charge is 0.416 e. The van der Waals surface area contributed by atoms with E-state index in [4.69, 9.17) is 4.42 Å². The summed E-state index contributed by atoms with van der Waals surface area (Å²) >= 11 is 1.37. The van der Waals surface area contributed by atoms with Crippen molar-refractivity contribution in [3.05, 3.63) is 48.6 Å². The predicted octanol–water partition coefficient (Wildman–Crippen LogP) is 2.52. The highest BCUT2D eigenvalue weighted by atomic mass is 32.2. The molecular formula is C19H20N6O3S. The van der Waals surface area contributed by atoms with Gasteiger partial charge in [0.2, 0.25) is 11.8 Å². The third kappa shape index (κ3) is 4.02. The number of aromatic nitrogens is 4. The zero-order valence-electron chi connectivity index (χ0n) is 15.8. The Morgan fingerprint density at radius 3 is 2.93 bits per heavy atom. The fraction of sp³-hybridized carbons (Fsp3) is 0.316. The van der Waals surface area contributed by atoms with Crippen LogP contribution in [0.2, 0.25) is 0 Å². The van der Waals surface area contributed by atoms with Gasteiger partial charge in [-0.15, -0.1) is 16.8 Å². The number of amides is 3. The number of fused-ring (bicyclic) bond motifs is 1. The Morgan fingerprint density at radius 2 is 2.14 bits per heavy atom. The second kappa shape index (κ2) is 8.08. The minimum absolute atomic E-state index is 0.163. The molecule has 1 aromatic carbocycles. The van der Waals surface area contributed by atoms with Gasteiger partial charge in [-0.25, -0.2) is 9.78 Å². The zero-order valence-corrected chi connectivity index (χ0v) is 16.6. The van der Waals surface area contributed by atoms with E-state index < -0.39 is 11.9 Å². The number of urea groups is 1. The SMILES string of the molecule is C=CCN1C(=O)NC(C)C(Cc2nnc(SCc3nc4ccccc4[nH]3)o2)C1=O. The van der Waals surface area contributed by atoms with Crippen LogP contribution in [0.4, 0.5) is 4.79 Å². The average Bonchev–Trinajstić information content (AvgIpc) is 3.33. The first-order valence-corrected chi connectivity index (χ1v) is 10.1. The molecule has 2 N–H and O–H groups in total. The van der Waals surface area contributed by atoms with Crippen LogP contribution >= 0.6 is 11.8 Å². The number of rotatable bonds is 7. The van der Waals surface area contributed by atoms with Crippen LogP contribution in [0.3, 0.4) is 0 Å². The Morgan fingerprint density at radius 1 is 1.31 bits per heavy atom. The van der Waals surface area contributed by atoms with Gasteiger partial charge in [-0.2, -0.15) is 0 Å². The highest BCUT2D eigenvalue weighted by Gasteiger charge is 2.39. The standard InChI is InChI=1S/C19H20N6O3S/c1-3-8-25-17(26)12(11(2)20-18(25)27)9-16-23-24-19(28-16)29-10-15-21-13-6-4-5-7-14(13)22-15/h3-7,11-12H,1,8-10H2,2H3,(H,20,27)(H,21,22). The van der Waals surface area contributed by atoms with Gasteiger partial charge in [0.05, 0.1) is 22.7 Å². The van der Waals surface area contributed by atoms with Crippen LogP contribution in [0.15, 0.2) is 46.6 Å². The highest BCUT2D eigenvalue weighted by molar-refractivity contribution is 7.98. The molecule has 1 fully saturated rings. The third-order valence-corrected chi connectivity index (χ3v) is 5.54. The second-order valence-corrected chi connectivity index (χ2v) is 7.66. The lowest BCUT2D eigenvalue weighted by atomic mass is 9.93. The Hall–Kier alpha value is -3.14. The van der Waals surface area contributed by atoms with Gasteiger partial charge in [-0.1, -0.05) is 30.0 Å². The molecule has 3 amide bonds. The van der Waals surface area contributed by atoms with Crippen LogP contribution < -0.4 is 5.32 Å².